The predicted octanol–water partition coefficient (Wildman–Crippen LogP) is 4.25. The Morgan fingerprint density at radius 3 is 2.76 bits per heavy atom. The molecule has 0 amide bonds. The van der Waals surface area contributed by atoms with E-state index in [-0.39, 0.29) is 0 Å². The molecule has 0 aromatic carbocycles. The maximum absolute atomic E-state index is 4.96. The third-order valence-corrected chi connectivity index (χ3v) is 5.37. The van der Waals surface area contributed by atoms with Crippen molar-refractivity contribution in [3.05, 3.63) is 10.6 Å². The predicted molar refractivity (Wildman–Crippen MR) is 93.4 cm³/mol. The first-order valence-corrected chi connectivity index (χ1v) is 9.08. The summed E-state index contributed by atoms with van der Waals surface area (Å²) in [6.07, 6.45) is 3.51. The number of rotatable bonds is 6. The van der Waals surface area contributed by atoms with Crippen LogP contribution in [0.5, 0.6) is 0 Å². The standard InChI is InChI=1S/C17H31N3S/c1-7-8-18-13-9-17(4,5)10-14-15(13)21-16(19-14)20(6)11-12(2)3/h12-13,18H,7-11H2,1-6H3. The Hall–Kier alpha value is -0.610. The van der Waals surface area contributed by atoms with Crippen LogP contribution >= 0.6 is 11.3 Å². The van der Waals surface area contributed by atoms with Crippen molar-refractivity contribution in [3.63, 3.8) is 0 Å². The maximum Gasteiger partial charge on any atom is 0.185 e. The lowest BCUT2D eigenvalue weighted by Crippen LogP contribution is -2.33. The fraction of sp³-hybridized carbons (Fsp3) is 0.824. The highest BCUT2D eigenvalue weighted by Crippen LogP contribution is 2.44. The van der Waals surface area contributed by atoms with Crippen LogP contribution in [-0.4, -0.2) is 25.1 Å². The fourth-order valence-corrected chi connectivity index (χ4v) is 4.32. The molecular weight excluding hydrogens is 278 g/mol. The van der Waals surface area contributed by atoms with Crippen molar-refractivity contribution < 1.29 is 0 Å². The van der Waals surface area contributed by atoms with Gasteiger partial charge in [0.15, 0.2) is 5.13 Å². The van der Waals surface area contributed by atoms with E-state index in [1.165, 1.54) is 28.5 Å². The third-order valence-electron chi connectivity index (χ3n) is 4.04. The summed E-state index contributed by atoms with van der Waals surface area (Å²) in [5, 5.41) is 4.92. The van der Waals surface area contributed by atoms with Crippen LogP contribution in [0.25, 0.3) is 0 Å². The van der Waals surface area contributed by atoms with Gasteiger partial charge in [-0.1, -0.05) is 46.0 Å². The minimum Gasteiger partial charge on any atom is -0.351 e. The summed E-state index contributed by atoms with van der Waals surface area (Å²) in [6.45, 7) is 13.7. The number of hydrogen-bond donors (Lipinski definition) is 1. The highest BCUT2D eigenvalue weighted by Gasteiger charge is 2.35. The number of nitrogens with zero attached hydrogens (tertiary/aromatic N) is 2. The van der Waals surface area contributed by atoms with E-state index >= 15 is 0 Å². The molecule has 0 aliphatic heterocycles. The first-order valence-electron chi connectivity index (χ1n) is 8.26. The van der Waals surface area contributed by atoms with Crippen molar-refractivity contribution >= 4 is 16.5 Å². The Bertz CT molecular complexity index is 465. The van der Waals surface area contributed by atoms with Gasteiger partial charge in [0.25, 0.3) is 0 Å². The van der Waals surface area contributed by atoms with E-state index < -0.39 is 0 Å². The van der Waals surface area contributed by atoms with Crippen molar-refractivity contribution in [1.82, 2.24) is 10.3 Å². The maximum atomic E-state index is 4.96. The Morgan fingerprint density at radius 1 is 1.43 bits per heavy atom. The van der Waals surface area contributed by atoms with E-state index in [1.54, 1.807) is 0 Å². The van der Waals surface area contributed by atoms with Gasteiger partial charge in [0.2, 0.25) is 0 Å². The van der Waals surface area contributed by atoms with Gasteiger partial charge in [-0.25, -0.2) is 4.98 Å². The van der Waals surface area contributed by atoms with Gasteiger partial charge in [0.1, 0.15) is 0 Å². The summed E-state index contributed by atoms with van der Waals surface area (Å²) >= 11 is 1.90. The SMILES string of the molecule is CCCNC1CC(C)(C)Cc2nc(N(C)CC(C)C)sc21. The van der Waals surface area contributed by atoms with E-state index in [2.05, 4.69) is 51.9 Å². The summed E-state index contributed by atoms with van der Waals surface area (Å²) < 4.78 is 0. The number of fused-ring (bicyclic) bond motifs is 1. The molecule has 1 aromatic rings. The molecule has 0 bridgehead atoms. The molecule has 1 aromatic heterocycles. The summed E-state index contributed by atoms with van der Waals surface area (Å²) in [5.74, 6) is 0.668. The van der Waals surface area contributed by atoms with Gasteiger partial charge in [-0.15, -0.1) is 0 Å². The second-order valence-corrected chi connectivity index (χ2v) is 8.64. The summed E-state index contributed by atoms with van der Waals surface area (Å²) in [6, 6.07) is 0.488. The number of aromatic nitrogens is 1. The lowest BCUT2D eigenvalue weighted by Gasteiger charge is -2.34. The molecule has 0 saturated carbocycles. The zero-order valence-electron chi connectivity index (χ0n) is 14.5. The first kappa shape index (κ1) is 16.8. The van der Waals surface area contributed by atoms with Crippen LogP contribution in [0.4, 0.5) is 5.13 Å². The number of anilines is 1. The van der Waals surface area contributed by atoms with E-state index in [1.807, 2.05) is 11.3 Å². The van der Waals surface area contributed by atoms with Crippen molar-refractivity contribution in [2.24, 2.45) is 11.3 Å². The molecule has 1 atom stereocenters. The molecule has 1 aliphatic rings. The molecule has 2 rings (SSSR count). The lowest BCUT2D eigenvalue weighted by molar-refractivity contribution is 0.258. The van der Waals surface area contributed by atoms with E-state index in [0.717, 1.165) is 19.5 Å². The molecule has 1 N–H and O–H groups in total. The van der Waals surface area contributed by atoms with Gasteiger partial charge in [0.05, 0.1) is 5.69 Å². The van der Waals surface area contributed by atoms with Crippen LogP contribution in [0.1, 0.15) is 64.1 Å². The largest absolute Gasteiger partial charge is 0.351 e. The van der Waals surface area contributed by atoms with Crippen molar-refractivity contribution in [3.8, 4) is 0 Å². The Labute approximate surface area is 134 Å². The quantitative estimate of drug-likeness (QED) is 0.851. The van der Waals surface area contributed by atoms with Crippen molar-refractivity contribution in [1.29, 1.82) is 0 Å². The molecule has 0 spiro atoms. The van der Waals surface area contributed by atoms with E-state index in [4.69, 9.17) is 4.98 Å². The fourth-order valence-electron chi connectivity index (χ4n) is 3.19. The first-order chi connectivity index (χ1) is 9.82. The van der Waals surface area contributed by atoms with E-state index in [0.29, 0.717) is 17.4 Å². The summed E-state index contributed by atoms with van der Waals surface area (Å²) in [4.78, 5) is 8.76. The second kappa shape index (κ2) is 6.66. The van der Waals surface area contributed by atoms with Gasteiger partial charge in [0, 0.05) is 24.5 Å². The van der Waals surface area contributed by atoms with Crippen LogP contribution in [0.3, 0.4) is 0 Å². The highest BCUT2D eigenvalue weighted by atomic mass is 32.1. The average Bonchev–Trinajstić information content (AvgIpc) is 2.77. The molecule has 120 valence electrons. The molecule has 1 unspecified atom stereocenters. The van der Waals surface area contributed by atoms with Crippen LogP contribution in [-0.2, 0) is 6.42 Å². The smallest absolute Gasteiger partial charge is 0.185 e. The molecule has 3 nitrogen and oxygen atoms in total. The monoisotopic (exact) mass is 309 g/mol. The van der Waals surface area contributed by atoms with Crippen LogP contribution < -0.4 is 10.2 Å². The van der Waals surface area contributed by atoms with Gasteiger partial charge in [-0.05, 0) is 37.1 Å². The third kappa shape index (κ3) is 4.19. The average molecular weight is 310 g/mol. The zero-order chi connectivity index (χ0) is 15.6. The second-order valence-electron chi connectivity index (χ2n) is 7.63. The van der Waals surface area contributed by atoms with Gasteiger partial charge >= 0.3 is 0 Å². The molecule has 1 heterocycles. The summed E-state index contributed by atoms with van der Waals surface area (Å²) in [5.41, 5.74) is 1.68. The Kier molecular flexibility index (Phi) is 5.31. The molecule has 0 saturated heterocycles. The molecular formula is C17H31N3S. The van der Waals surface area contributed by atoms with Gasteiger partial charge in [-0.2, -0.15) is 0 Å². The molecule has 4 heteroatoms. The van der Waals surface area contributed by atoms with Crippen LogP contribution in [0.2, 0.25) is 0 Å². The van der Waals surface area contributed by atoms with Crippen LogP contribution in [0.15, 0.2) is 0 Å². The minimum absolute atomic E-state index is 0.348. The lowest BCUT2D eigenvalue weighted by atomic mass is 9.76. The molecule has 0 radical (unpaired) electrons. The van der Waals surface area contributed by atoms with Crippen LogP contribution in [0, 0.1) is 11.3 Å². The molecule has 0 fully saturated rings. The Morgan fingerprint density at radius 2 is 2.14 bits per heavy atom. The highest BCUT2D eigenvalue weighted by molar-refractivity contribution is 7.15. The topological polar surface area (TPSA) is 28.2 Å². The van der Waals surface area contributed by atoms with Crippen molar-refractivity contribution in [2.75, 3.05) is 25.0 Å². The normalized spacial score (nSPS) is 20.6. The number of nitrogens with one attached hydrogen (secondary N) is 1. The number of thiazole rings is 1. The zero-order valence-corrected chi connectivity index (χ0v) is 15.3. The van der Waals surface area contributed by atoms with Crippen molar-refractivity contribution in [2.45, 2.75) is 59.9 Å². The Balaban J connectivity index is 2.23. The van der Waals surface area contributed by atoms with E-state index in [9.17, 15) is 0 Å². The van der Waals surface area contributed by atoms with Gasteiger partial charge < -0.3 is 10.2 Å². The minimum atomic E-state index is 0.348. The number of hydrogen-bond acceptors (Lipinski definition) is 4. The summed E-state index contributed by atoms with van der Waals surface area (Å²) in [7, 11) is 2.17. The molecule has 1 aliphatic carbocycles. The van der Waals surface area contributed by atoms with Gasteiger partial charge in [-0.3, -0.25) is 0 Å². The molecule has 21 heavy (non-hydrogen) atoms.